The zero-order valence-corrected chi connectivity index (χ0v) is 77.3. The molecule has 0 saturated carbocycles. The molecular weight excluding hydrogens is 1940 g/mol. The second-order valence-electron chi connectivity index (χ2n) is 26.0. The fraction of sp³-hybridized carbons (Fsp3) is 0.357. The largest absolute Gasteiger partial charge is 0 e. The monoisotopic (exact) mass is 2040 g/mol. The van der Waals surface area contributed by atoms with Gasteiger partial charge in [0.1, 0.15) is 40.5 Å². The zero-order chi connectivity index (χ0) is 86.1. The summed E-state index contributed by atoms with van der Waals surface area (Å²) in [6, 6.07) is 28.4. The van der Waals surface area contributed by atoms with Crippen molar-refractivity contribution in [2.24, 2.45) is 20.7 Å². The summed E-state index contributed by atoms with van der Waals surface area (Å²) in [7, 11) is 8.54. The Balaban J connectivity index is 0.000000315. The second kappa shape index (κ2) is 60.3. The molecule has 37 heteroatoms. The number of carbonyl (C=O) groups is 5. The maximum Gasteiger partial charge on any atom is 0 e. The standard InChI is InChI=1S/C24H27ClN6O3.C20H19ClN4O3.C14H14ClNO2.C9H11ClO.C6H9N3O.C5H6N2O.C5H11NO.CH4.2HI.2V/c1-34-21-8-6-16(12-19(21)25)5-7-20-18(23(33)28-14-22-26-9-3-10-27-22)13-29-24(30-20)31-11-2-4-17(31)15-32;1-28-17-6-4-13(9-16(17)21)3-5-14-10-19(26)24-11-15(14)20(27)25-12-18-22-7-2-8-23-18;1-18-13-5-4-10(8-12(13)15)2-3-11-6-7-16-14(17)9-11;1-3-7-4-5-9(11-2)8(10)6-7;1-10-9-5-6-7-3-2-4-8-6;6-4-1-2-7-5(8)3-4;7-4-5-2-1-3-6-5;;;;;/h3,6,8-10,12-13,17,32H,2,4-5,7,11,14-15H2,1H3,(H,28,33);2,4,6-9,11H,3,5,10,12H2,1H3,(H,25,27);4-8H,2-3,9H2,1H3;4-6H,3H2,1-2H3;2-4,9H,5H2,1H3;1-2H,3,6H2;5-7H,1-4H2;1H4;2*1H;;/q;;;;;;;;;;;+2/p-2/t17-;;;;;;5-;;;;;/m0.....0...../s1. The van der Waals surface area contributed by atoms with Gasteiger partial charge >= 0.3 is 49.4 Å². The van der Waals surface area contributed by atoms with E-state index in [9.17, 15) is 29.1 Å². The molecule has 8 aromatic rings. The molecular formula is C84H101Cl4I2N17O12V2. The Morgan fingerprint density at radius 3 is 1.47 bits per heavy atom. The van der Waals surface area contributed by atoms with Crippen LogP contribution in [0.4, 0.5) is 5.95 Å². The number of anilines is 1. The number of hydrogen-bond donors (Lipinski definition) is 7. The van der Waals surface area contributed by atoms with Crippen molar-refractivity contribution in [3.63, 3.8) is 0 Å². The number of aliphatic imine (C=N–C) groups is 3. The van der Waals surface area contributed by atoms with Gasteiger partial charge in [-0.1, -0.05) is 90.6 Å². The Hall–Kier alpha value is -8.23. The first-order valence-electron chi connectivity index (χ1n) is 37.6. The number of benzene rings is 4. The Labute approximate surface area is 767 Å². The molecule has 121 heavy (non-hydrogen) atoms. The molecule has 646 valence electrons. The smallest absolute Gasteiger partial charge is 0 e. The second-order valence-corrected chi connectivity index (χ2v) is 39.4. The first kappa shape index (κ1) is 105. The number of aliphatic hydroxyl groups is 2. The van der Waals surface area contributed by atoms with Crippen molar-refractivity contribution in [3.8, 4) is 23.0 Å². The van der Waals surface area contributed by atoms with E-state index < -0.39 is 0 Å². The van der Waals surface area contributed by atoms with Crippen LogP contribution in [0.25, 0.3) is 0 Å². The van der Waals surface area contributed by atoms with Gasteiger partial charge in [-0.25, -0.2) is 54.8 Å². The van der Waals surface area contributed by atoms with Crippen molar-refractivity contribution < 1.29 is 86.0 Å². The van der Waals surface area contributed by atoms with Gasteiger partial charge in [-0.05, 0) is 184 Å². The maximum atomic E-state index is 13.0. The number of aryl methyl sites for hydroxylation is 5. The summed E-state index contributed by atoms with van der Waals surface area (Å²) in [4.78, 5) is 110. The number of aliphatic hydroxyl groups excluding tert-OH is 2. The quantitative estimate of drug-likeness (QED) is 0.0195. The van der Waals surface area contributed by atoms with E-state index in [1.54, 1.807) is 115 Å². The molecule has 29 nitrogen and oxygen atoms in total. The molecule has 2 atom stereocenters. The number of rotatable bonds is 26. The molecule has 5 amide bonds. The van der Waals surface area contributed by atoms with Crippen LogP contribution >= 0.6 is 86.4 Å². The summed E-state index contributed by atoms with van der Waals surface area (Å²) in [6.45, 7) is 5.25. The van der Waals surface area contributed by atoms with Crippen molar-refractivity contribution in [3.05, 3.63) is 240 Å². The van der Waals surface area contributed by atoms with Crippen molar-refractivity contribution in [2.45, 2.75) is 136 Å². The number of allylic oxidation sites excluding steroid dienone is 2. The maximum absolute atomic E-state index is 13.0. The van der Waals surface area contributed by atoms with E-state index in [1.807, 2.05) is 77.7 Å². The van der Waals surface area contributed by atoms with Gasteiger partial charge in [-0.3, -0.25) is 24.0 Å². The van der Waals surface area contributed by atoms with Crippen LogP contribution in [-0.2, 0) is 104 Å². The number of nitrogens with one attached hydrogen (secondary N) is 4. The summed E-state index contributed by atoms with van der Waals surface area (Å²) >= 11 is 29.1. The number of aromatic nitrogens is 8. The zero-order valence-electron chi connectivity index (χ0n) is 67.2. The summed E-state index contributed by atoms with van der Waals surface area (Å²) in [6.07, 6.45) is 29.4. The third-order valence-corrected chi connectivity index (χ3v) is 19.0. The third-order valence-electron chi connectivity index (χ3n) is 17.8. The number of ether oxygens (including phenoxy) is 4. The van der Waals surface area contributed by atoms with Crippen LogP contribution in [-0.4, -0.2) is 172 Å². The van der Waals surface area contributed by atoms with Crippen molar-refractivity contribution >= 4 is 140 Å². The molecule has 0 spiro atoms. The van der Waals surface area contributed by atoms with E-state index >= 15 is 0 Å². The number of halogens is 6. The van der Waals surface area contributed by atoms with Gasteiger partial charge in [0.15, 0.2) is 0 Å². The van der Waals surface area contributed by atoms with Crippen molar-refractivity contribution in [1.82, 2.24) is 61.3 Å². The number of nitrogens with two attached hydrogens (primary N) is 1. The SMILES string of the molecule is C.CCc1ccc(OC)c(Cl)c1.CONCc1ncccn1.COc1ccc(CCC2=C(C(=O)NCc3ncccn3)C=NC(=O)C2)cc1Cl.COc1ccc(CCC2=CC=NC(=O)C2)cc1Cl.COc1ccc(CCc2nc(N3CCC[C@H]3CO)ncc2C(=O)NCc2ncccn2)cc1Cl.NC1=CC=NC(=O)C1.OC[C@@H]1CCCN1.[I][V][I].[V]. The van der Waals surface area contributed by atoms with E-state index in [0.29, 0.717) is 138 Å². The van der Waals surface area contributed by atoms with Crippen molar-refractivity contribution in [2.75, 3.05) is 66.8 Å². The predicted octanol–water partition coefficient (Wildman–Crippen LogP) is 13.5. The molecule has 1 radical (unpaired) electrons. The van der Waals surface area contributed by atoms with Crippen LogP contribution in [0.1, 0.15) is 128 Å². The van der Waals surface area contributed by atoms with Crippen LogP contribution in [0.2, 0.25) is 20.1 Å². The third kappa shape index (κ3) is 39.0. The summed E-state index contributed by atoms with van der Waals surface area (Å²) in [5, 5.41) is 29.4. The predicted molar refractivity (Wildman–Crippen MR) is 483 cm³/mol. The molecule has 4 aromatic carbocycles. The summed E-state index contributed by atoms with van der Waals surface area (Å²) < 4.78 is 20.5. The number of hydrogen-bond acceptors (Lipinski definition) is 24. The van der Waals surface area contributed by atoms with E-state index in [1.165, 1.54) is 24.4 Å². The van der Waals surface area contributed by atoms with Gasteiger partial charge in [0.25, 0.3) is 17.7 Å². The summed E-state index contributed by atoms with van der Waals surface area (Å²) in [5.41, 5.74) is 16.2. The molecule has 0 bridgehead atoms. The molecule has 5 aliphatic rings. The number of carbonyl (C=O) groups excluding carboxylic acids is 5. The average molecular weight is 2040 g/mol. The molecule has 0 unspecified atom stereocenters. The Bertz CT molecular complexity index is 4730. The van der Waals surface area contributed by atoms with Crippen LogP contribution in [0, 0.1) is 0 Å². The number of hydroxylamine groups is 1. The molecule has 9 heterocycles. The summed E-state index contributed by atoms with van der Waals surface area (Å²) in [5.74, 6) is 3.84. The molecule has 8 N–H and O–H groups in total. The topological polar surface area (TPSA) is 390 Å². The molecule has 5 aliphatic heterocycles. The number of dihydropyridines is 3. The molecule has 2 fully saturated rings. The first-order chi connectivity index (χ1) is 57.7. The normalized spacial score (nSPS) is 14.5. The van der Waals surface area contributed by atoms with Crippen LogP contribution in [0.5, 0.6) is 23.0 Å². The van der Waals surface area contributed by atoms with E-state index in [0.717, 1.165) is 91.0 Å². The fourth-order valence-corrected chi connectivity index (χ4v) is 12.7. The minimum Gasteiger partial charge on any atom is 0 e. The van der Waals surface area contributed by atoms with Crippen LogP contribution < -0.4 is 51.0 Å². The van der Waals surface area contributed by atoms with Crippen LogP contribution in [0.15, 0.2) is 184 Å². The molecule has 2 saturated heterocycles. The number of nitrogens with zero attached hydrogens (tertiary/aromatic N) is 12. The van der Waals surface area contributed by atoms with Crippen molar-refractivity contribution in [1.29, 1.82) is 0 Å². The van der Waals surface area contributed by atoms with E-state index in [-0.39, 0.29) is 94.1 Å². The van der Waals surface area contributed by atoms with Gasteiger partial charge in [-0.2, -0.15) is 5.48 Å². The van der Waals surface area contributed by atoms with Gasteiger partial charge < -0.3 is 60.6 Å². The van der Waals surface area contributed by atoms with Gasteiger partial charge in [0.05, 0.1) is 131 Å². The Kier molecular flexibility index (Phi) is 52.4. The number of methoxy groups -OCH3 is 4. The van der Waals surface area contributed by atoms with E-state index in [2.05, 4.69) is 123 Å². The van der Waals surface area contributed by atoms with Crippen LogP contribution in [0.3, 0.4) is 0 Å². The van der Waals surface area contributed by atoms with Gasteiger partial charge in [0.2, 0.25) is 17.8 Å². The average Bonchev–Trinajstić information content (AvgIpc) is 1.79. The van der Waals surface area contributed by atoms with Gasteiger partial charge in [-0.15, -0.1) is 0 Å². The minimum atomic E-state index is -0.300. The Morgan fingerprint density at radius 1 is 0.579 bits per heavy atom. The van der Waals surface area contributed by atoms with E-state index in [4.69, 9.17) is 81.2 Å². The fourth-order valence-electron chi connectivity index (χ4n) is 11.6. The minimum absolute atomic E-state index is 0. The first-order valence-corrected chi connectivity index (χ1v) is 48.2. The van der Waals surface area contributed by atoms with Gasteiger partial charge in [0, 0.05) is 98.9 Å². The molecule has 4 aromatic heterocycles. The molecule has 0 aliphatic carbocycles. The number of amides is 5. The molecule has 13 rings (SSSR count). The Morgan fingerprint density at radius 2 is 1.04 bits per heavy atom.